The quantitative estimate of drug-likeness (QED) is 0.744. The summed E-state index contributed by atoms with van der Waals surface area (Å²) in [5.74, 6) is -0.565. The van der Waals surface area contributed by atoms with Gasteiger partial charge in [0.25, 0.3) is 0 Å². The van der Waals surface area contributed by atoms with Gasteiger partial charge in [-0.25, -0.2) is 8.42 Å². The minimum absolute atomic E-state index is 0.199. The first-order valence-corrected chi connectivity index (χ1v) is 7.49. The van der Waals surface area contributed by atoms with Crippen LogP contribution in [0.1, 0.15) is 18.9 Å². The average Bonchev–Trinajstić information content (AvgIpc) is 2.38. The van der Waals surface area contributed by atoms with Gasteiger partial charge in [0, 0.05) is 6.54 Å². The van der Waals surface area contributed by atoms with Crippen molar-refractivity contribution in [3.63, 3.8) is 0 Å². The fraction of sp³-hybridized carbons (Fsp3) is 0.462. The highest BCUT2D eigenvalue weighted by Crippen LogP contribution is 2.17. The molecule has 0 saturated heterocycles. The Morgan fingerprint density at radius 3 is 2.58 bits per heavy atom. The molecule has 0 heterocycles. The zero-order chi connectivity index (χ0) is 14.5. The first-order chi connectivity index (χ1) is 8.91. The summed E-state index contributed by atoms with van der Waals surface area (Å²) in [4.78, 5) is 11.5. The third-order valence-corrected chi connectivity index (χ3v) is 4.47. The van der Waals surface area contributed by atoms with Gasteiger partial charge >= 0.3 is 5.97 Å². The van der Waals surface area contributed by atoms with Gasteiger partial charge in [-0.2, -0.15) is 4.31 Å². The summed E-state index contributed by atoms with van der Waals surface area (Å²) in [5.41, 5.74) is 0.857. The summed E-state index contributed by atoms with van der Waals surface area (Å²) < 4.78 is 30.6. The van der Waals surface area contributed by atoms with Crippen molar-refractivity contribution in [1.82, 2.24) is 4.31 Å². The van der Waals surface area contributed by atoms with Crippen molar-refractivity contribution in [2.45, 2.75) is 25.2 Å². The fourth-order valence-corrected chi connectivity index (χ4v) is 3.25. The molecule has 0 unspecified atom stereocenters. The van der Waals surface area contributed by atoms with Crippen LogP contribution in [0.3, 0.4) is 0 Å². The molecule has 1 aromatic carbocycles. The van der Waals surface area contributed by atoms with Gasteiger partial charge in [-0.15, -0.1) is 0 Å². The molecular weight excluding hydrogens is 266 g/mol. The number of sulfonamides is 1. The average molecular weight is 285 g/mol. The van der Waals surface area contributed by atoms with Crippen LogP contribution in [0.15, 0.2) is 29.2 Å². The van der Waals surface area contributed by atoms with E-state index in [0.29, 0.717) is 6.42 Å². The standard InChI is InChI=1S/C13H19NO4S/c1-4-8-14(10-13(15)18-3)19(16,17)12-7-5-6-11(2)9-12/h5-7,9H,4,8,10H2,1-3H3. The molecule has 0 radical (unpaired) electrons. The topological polar surface area (TPSA) is 63.7 Å². The van der Waals surface area contributed by atoms with E-state index in [1.165, 1.54) is 13.2 Å². The van der Waals surface area contributed by atoms with Gasteiger partial charge < -0.3 is 4.74 Å². The fourth-order valence-electron chi connectivity index (χ4n) is 1.67. The summed E-state index contributed by atoms with van der Waals surface area (Å²) in [7, 11) is -2.42. The second kappa shape index (κ2) is 6.68. The zero-order valence-electron chi connectivity index (χ0n) is 11.4. The Balaban J connectivity index is 3.09. The summed E-state index contributed by atoms with van der Waals surface area (Å²) in [6.07, 6.45) is 0.627. The normalized spacial score (nSPS) is 11.6. The van der Waals surface area contributed by atoms with Crippen LogP contribution < -0.4 is 0 Å². The molecule has 0 amide bonds. The predicted octanol–water partition coefficient (Wildman–Crippen LogP) is 1.57. The number of carbonyl (C=O) groups excluding carboxylic acids is 1. The lowest BCUT2D eigenvalue weighted by Gasteiger charge is -2.20. The van der Waals surface area contributed by atoms with E-state index >= 15 is 0 Å². The number of hydrogen-bond donors (Lipinski definition) is 0. The predicted molar refractivity (Wildman–Crippen MR) is 72.2 cm³/mol. The number of carbonyl (C=O) groups is 1. The van der Waals surface area contributed by atoms with Crippen molar-refractivity contribution in [2.24, 2.45) is 0 Å². The van der Waals surface area contributed by atoms with E-state index in [9.17, 15) is 13.2 Å². The van der Waals surface area contributed by atoms with Crippen LogP contribution >= 0.6 is 0 Å². The molecule has 6 heteroatoms. The Labute approximate surface area is 114 Å². The molecule has 0 saturated carbocycles. The maximum Gasteiger partial charge on any atom is 0.321 e. The molecule has 1 aromatic rings. The van der Waals surface area contributed by atoms with E-state index in [1.54, 1.807) is 12.1 Å². The van der Waals surface area contributed by atoms with Crippen LogP contribution in [0, 0.1) is 6.92 Å². The van der Waals surface area contributed by atoms with Gasteiger partial charge in [0.05, 0.1) is 12.0 Å². The van der Waals surface area contributed by atoms with Gasteiger partial charge in [0.2, 0.25) is 10.0 Å². The summed E-state index contributed by atoms with van der Waals surface area (Å²) in [6.45, 7) is 3.70. The monoisotopic (exact) mass is 285 g/mol. The third-order valence-electron chi connectivity index (χ3n) is 2.63. The second-order valence-corrected chi connectivity index (χ2v) is 6.17. The number of nitrogens with zero attached hydrogens (tertiary/aromatic N) is 1. The number of rotatable bonds is 6. The molecule has 0 aliphatic rings. The van der Waals surface area contributed by atoms with Gasteiger partial charge in [-0.05, 0) is 31.0 Å². The van der Waals surface area contributed by atoms with Crippen LogP contribution in [0.4, 0.5) is 0 Å². The van der Waals surface area contributed by atoms with Gasteiger partial charge in [0.15, 0.2) is 0 Å². The van der Waals surface area contributed by atoms with E-state index in [-0.39, 0.29) is 18.0 Å². The molecule has 1 rings (SSSR count). The Kier molecular flexibility index (Phi) is 5.50. The summed E-state index contributed by atoms with van der Waals surface area (Å²) in [5, 5.41) is 0. The highest BCUT2D eigenvalue weighted by atomic mass is 32.2. The molecule has 0 aliphatic heterocycles. The van der Waals surface area contributed by atoms with Crippen molar-refractivity contribution in [3.05, 3.63) is 29.8 Å². The van der Waals surface area contributed by atoms with E-state index in [0.717, 1.165) is 9.87 Å². The van der Waals surface area contributed by atoms with Crippen molar-refractivity contribution in [2.75, 3.05) is 20.2 Å². The molecule has 0 spiro atoms. The molecule has 0 bridgehead atoms. The minimum atomic E-state index is -3.66. The second-order valence-electron chi connectivity index (χ2n) is 4.23. The number of benzene rings is 1. The van der Waals surface area contributed by atoms with E-state index < -0.39 is 16.0 Å². The van der Waals surface area contributed by atoms with Crippen molar-refractivity contribution in [3.8, 4) is 0 Å². The van der Waals surface area contributed by atoms with Crippen LogP contribution in [0.2, 0.25) is 0 Å². The Morgan fingerprint density at radius 2 is 2.05 bits per heavy atom. The molecule has 19 heavy (non-hydrogen) atoms. The molecule has 0 aromatic heterocycles. The van der Waals surface area contributed by atoms with Crippen molar-refractivity contribution in [1.29, 1.82) is 0 Å². The van der Waals surface area contributed by atoms with Crippen LogP contribution in [0.25, 0.3) is 0 Å². The zero-order valence-corrected chi connectivity index (χ0v) is 12.2. The van der Waals surface area contributed by atoms with Gasteiger partial charge in [0.1, 0.15) is 6.54 Å². The molecule has 5 nitrogen and oxygen atoms in total. The Bertz CT molecular complexity index is 539. The minimum Gasteiger partial charge on any atom is -0.468 e. The van der Waals surface area contributed by atoms with Gasteiger partial charge in [-0.1, -0.05) is 19.1 Å². The molecule has 0 N–H and O–H groups in total. The number of methoxy groups -OCH3 is 1. The molecule has 0 fully saturated rings. The lowest BCUT2D eigenvalue weighted by molar-refractivity contribution is -0.140. The lowest BCUT2D eigenvalue weighted by Crippen LogP contribution is -2.36. The SMILES string of the molecule is CCCN(CC(=O)OC)S(=O)(=O)c1cccc(C)c1. The lowest BCUT2D eigenvalue weighted by atomic mass is 10.2. The first-order valence-electron chi connectivity index (χ1n) is 6.05. The largest absolute Gasteiger partial charge is 0.468 e. The highest BCUT2D eigenvalue weighted by Gasteiger charge is 2.26. The Morgan fingerprint density at radius 1 is 1.37 bits per heavy atom. The molecule has 0 aliphatic carbocycles. The van der Waals surface area contributed by atoms with E-state index in [4.69, 9.17) is 0 Å². The van der Waals surface area contributed by atoms with Crippen LogP contribution in [0.5, 0.6) is 0 Å². The highest BCUT2D eigenvalue weighted by molar-refractivity contribution is 7.89. The van der Waals surface area contributed by atoms with Crippen molar-refractivity contribution >= 4 is 16.0 Å². The van der Waals surface area contributed by atoms with Crippen molar-refractivity contribution < 1.29 is 17.9 Å². The number of ether oxygens (including phenoxy) is 1. The van der Waals surface area contributed by atoms with Crippen LogP contribution in [-0.4, -0.2) is 38.9 Å². The summed E-state index contributed by atoms with van der Waals surface area (Å²) in [6, 6.07) is 6.63. The third kappa shape index (κ3) is 4.04. The number of hydrogen-bond acceptors (Lipinski definition) is 4. The first kappa shape index (κ1) is 15.7. The number of aryl methyl sites for hydroxylation is 1. The molecule has 0 atom stereocenters. The number of esters is 1. The smallest absolute Gasteiger partial charge is 0.321 e. The maximum absolute atomic E-state index is 12.4. The maximum atomic E-state index is 12.4. The van der Waals surface area contributed by atoms with Gasteiger partial charge in [-0.3, -0.25) is 4.79 Å². The summed E-state index contributed by atoms with van der Waals surface area (Å²) >= 11 is 0. The van der Waals surface area contributed by atoms with Crippen LogP contribution in [-0.2, 0) is 19.6 Å². The molecule has 106 valence electrons. The van der Waals surface area contributed by atoms with E-state index in [2.05, 4.69) is 4.74 Å². The Hall–Kier alpha value is -1.40. The molecular formula is C13H19NO4S. The van der Waals surface area contributed by atoms with E-state index in [1.807, 2.05) is 19.9 Å².